The molecule has 0 saturated heterocycles. The zero-order valence-electron chi connectivity index (χ0n) is 16.7. The third-order valence-electron chi connectivity index (χ3n) is 5.09. The van der Waals surface area contributed by atoms with Gasteiger partial charge in [0.15, 0.2) is 0 Å². The van der Waals surface area contributed by atoms with Gasteiger partial charge in [0, 0.05) is 35.8 Å². The van der Waals surface area contributed by atoms with Crippen molar-refractivity contribution in [3.63, 3.8) is 0 Å². The molecule has 3 aromatic rings. The molecule has 0 bridgehead atoms. The number of aromatic nitrogens is 1. The number of amides is 4. The Hall–Kier alpha value is -3.72. The highest BCUT2D eigenvalue weighted by molar-refractivity contribution is 7.13. The number of nitrogens with one attached hydrogen (secondary N) is 2. The lowest BCUT2D eigenvalue weighted by Crippen LogP contribution is -2.42. The van der Waals surface area contributed by atoms with Gasteiger partial charge in [-0.15, -0.1) is 11.3 Å². The summed E-state index contributed by atoms with van der Waals surface area (Å²) >= 11 is 1.54. The summed E-state index contributed by atoms with van der Waals surface area (Å²) in [5, 5.41) is 7.66. The van der Waals surface area contributed by atoms with Gasteiger partial charge in [-0.1, -0.05) is 30.3 Å². The van der Waals surface area contributed by atoms with Gasteiger partial charge in [0.05, 0.1) is 13.2 Å². The highest BCUT2D eigenvalue weighted by atomic mass is 32.1. The number of imide groups is 1. The Morgan fingerprint density at radius 1 is 1.29 bits per heavy atom. The van der Waals surface area contributed by atoms with Gasteiger partial charge in [0.1, 0.15) is 10.8 Å². The van der Waals surface area contributed by atoms with Crippen LogP contribution >= 0.6 is 11.3 Å². The number of fused-ring (bicyclic) bond motifs is 1. The summed E-state index contributed by atoms with van der Waals surface area (Å²) in [4.78, 5) is 41.6. The van der Waals surface area contributed by atoms with Crippen LogP contribution in [0.3, 0.4) is 0 Å². The fourth-order valence-electron chi connectivity index (χ4n) is 3.55. The number of urea groups is 1. The molecule has 2 N–H and O–H groups in total. The van der Waals surface area contributed by atoms with E-state index in [1.165, 1.54) is 11.3 Å². The van der Waals surface area contributed by atoms with Crippen LogP contribution < -0.4 is 15.4 Å². The molecule has 0 radical (unpaired) electrons. The molecule has 4 rings (SSSR count). The lowest BCUT2D eigenvalue weighted by molar-refractivity contribution is -0.108. The second-order valence-corrected chi connectivity index (χ2v) is 7.85. The molecular weight excluding hydrogens is 416 g/mol. The van der Waals surface area contributed by atoms with Gasteiger partial charge in [-0.3, -0.25) is 14.9 Å². The van der Waals surface area contributed by atoms with E-state index in [9.17, 15) is 14.4 Å². The number of hydrogen-bond acceptors (Lipinski definition) is 6. The molecule has 8 nitrogen and oxygen atoms in total. The third kappa shape index (κ3) is 4.41. The van der Waals surface area contributed by atoms with E-state index in [0.29, 0.717) is 24.3 Å². The number of carbonyl (C=O) groups excluding carboxylic acids is 3. The van der Waals surface area contributed by atoms with Crippen LogP contribution in [0, 0.1) is 0 Å². The Kier molecular flexibility index (Phi) is 5.94. The molecule has 0 saturated carbocycles. The van der Waals surface area contributed by atoms with Crippen molar-refractivity contribution >= 4 is 29.7 Å². The van der Waals surface area contributed by atoms with Gasteiger partial charge in [0.2, 0.25) is 6.41 Å². The second kappa shape index (κ2) is 8.97. The molecular formula is C22H20N4O4S. The van der Waals surface area contributed by atoms with Crippen molar-refractivity contribution in [2.75, 3.05) is 13.7 Å². The van der Waals surface area contributed by atoms with E-state index < -0.39 is 12.1 Å². The van der Waals surface area contributed by atoms with E-state index >= 15 is 0 Å². The van der Waals surface area contributed by atoms with Crippen LogP contribution in [0.25, 0.3) is 10.6 Å². The first-order valence-electron chi connectivity index (χ1n) is 9.55. The molecule has 0 unspecified atom stereocenters. The quantitative estimate of drug-likeness (QED) is 0.555. The number of methoxy groups -OCH3 is 1. The topological polar surface area (TPSA) is 101 Å². The van der Waals surface area contributed by atoms with E-state index in [1.807, 2.05) is 41.8 Å². The molecule has 0 fully saturated rings. The van der Waals surface area contributed by atoms with E-state index in [0.717, 1.165) is 21.7 Å². The average Bonchev–Trinajstić information content (AvgIpc) is 3.42. The minimum Gasteiger partial charge on any atom is -0.497 e. The number of ether oxygens (including phenoxy) is 1. The third-order valence-corrected chi connectivity index (χ3v) is 5.91. The molecule has 1 aliphatic rings. The zero-order valence-corrected chi connectivity index (χ0v) is 17.5. The molecule has 31 heavy (non-hydrogen) atoms. The van der Waals surface area contributed by atoms with Crippen molar-refractivity contribution in [1.82, 2.24) is 20.5 Å². The van der Waals surface area contributed by atoms with Crippen molar-refractivity contribution in [3.05, 3.63) is 70.7 Å². The molecule has 1 atom stereocenters. The Morgan fingerprint density at radius 3 is 2.77 bits per heavy atom. The predicted octanol–water partition coefficient (Wildman–Crippen LogP) is 2.97. The molecule has 2 aromatic carbocycles. The number of rotatable bonds is 7. The summed E-state index contributed by atoms with van der Waals surface area (Å²) < 4.78 is 5.22. The molecule has 0 spiro atoms. The Balaban J connectivity index is 1.56. The summed E-state index contributed by atoms with van der Waals surface area (Å²) in [6.07, 6.45) is 2.06. The molecule has 9 heteroatoms. The lowest BCUT2D eigenvalue weighted by atomic mass is 10.0. The first-order chi connectivity index (χ1) is 15.1. The monoisotopic (exact) mass is 436 g/mol. The average molecular weight is 436 g/mol. The number of hydrogen-bond donors (Lipinski definition) is 2. The summed E-state index contributed by atoms with van der Waals surface area (Å²) in [5.41, 5.74) is 3.27. The molecule has 2 heterocycles. The minimum atomic E-state index is -0.630. The predicted molar refractivity (Wildman–Crippen MR) is 116 cm³/mol. The zero-order chi connectivity index (χ0) is 21.8. The number of thiazole rings is 1. The van der Waals surface area contributed by atoms with Crippen LogP contribution in [-0.4, -0.2) is 41.9 Å². The van der Waals surface area contributed by atoms with Crippen LogP contribution in [-0.2, 0) is 11.3 Å². The molecule has 4 amide bonds. The maximum absolute atomic E-state index is 12.9. The van der Waals surface area contributed by atoms with Crippen molar-refractivity contribution in [2.45, 2.75) is 12.6 Å². The van der Waals surface area contributed by atoms with E-state index in [-0.39, 0.29) is 12.5 Å². The highest BCUT2D eigenvalue weighted by Crippen LogP contribution is 2.29. The number of carbonyl (C=O) groups is 3. The summed E-state index contributed by atoms with van der Waals surface area (Å²) in [6, 6.07) is 11.9. The van der Waals surface area contributed by atoms with Gasteiger partial charge in [-0.05, 0) is 23.3 Å². The largest absolute Gasteiger partial charge is 0.497 e. The standard InChI is InChI=1S/C22H20N4O4S/c1-30-17-7-6-16-11-26(21(28)18(16)10-17)12-19(25-22(29)24-13-27)14-2-4-15(5-3-14)20-23-8-9-31-20/h2-10,13,19H,11-12H2,1H3,(H2,24,25,27,29)/t19-/m0/s1. The van der Waals surface area contributed by atoms with E-state index in [4.69, 9.17) is 4.74 Å². The van der Waals surface area contributed by atoms with Crippen LogP contribution in [0.4, 0.5) is 4.79 Å². The molecule has 0 aliphatic carbocycles. The first-order valence-corrected chi connectivity index (χ1v) is 10.4. The lowest BCUT2D eigenvalue weighted by Gasteiger charge is -2.25. The molecule has 1 aliphatic heterocycles. The van der Waals surface area contributed by atoms with Crippen LogP contribution in [0.5, 0.6) is 5.75 Å². The SMILES string of the molecule is COc1ccc2c(c1)C(=O)N(C[C@H](NC(=O)NC=O)c1ccc(-c3nccs3)cc1)C2. The highest BCUT2D eigenvalue weighted by Gasteiger charge is 2.30. The van der Waals surface area contributed by atoms with Crippen LogP contribution in [0.15, 0.2) is 54.0 Å². The van der Waals surface area contributed by atoms with Crippen molar-refractivity contribution < 1.29 is 19.1 Å². The summed E-state index contributed by atoms with van der Waals surface area (Å²) in [6.45, 7) is 0.682. The maximum Gasteiger partial charge on any atom is 0.321 e. The minimum absolute atomic E-state index is 0.129. The molecule has 1 aromatic heterocycles. The van der Waals surface area contributed by atoms with Crippen LogP contribution in [0.2, 0.25) is 0 Å². The van der Waals surface area contributed by atoms with Gasteiger partial charge in [-0.2, -0.15) is 0 Å². The first kappa shape index (κ1) is 20.5. The smallest absolute Gasteiger partial charge is 0.321 e. The van der Waals surface area contributed by atoms with Gasteiger partial charge >= 0.3 is 6.03 Å². The van der Waals surface area contributed by atoms with Gasteiger partial charge in [-0.25, -0.2) is 9.78 Å². The normalized spacial score (nSPS) is 13.5. The summed E-state index contributed by atoms with van der Waals surface area (Å²) in [5.74, 6) is 0.489. The van der Waals surface area contributed by atoms with Crippen molar-refractivity contribution in [1.29, 1.82) is 0 Å². The Bertz CT molecular complexity index is 1100. The van der Waals surface area contributed by atoms with E-state index in [1.54, 1.807) is 24.3 Å². The number of nitrogens with zero attached hydrogens (tertiary/aromatic N) is 2. The van der Waals surface area contributed by atoms with Gasteiger partial charge < -0.3 is 15.0 Å². The Labute approximate surface area is 182 Å². The molecule has 158 valence electrons. The Morgan fingerprint density at radius 2 is 2.10 bits per heavy atom. The van der Waals surface area contributed by atoms with E-state index in [2.05, 4.69) is 15.6 Å². The number of benzene rings is 2. The van der Waals surface area contributed by atoms with Crippen LogP contribution in [0.1, 0.15) is 27.5 Å². The van der Waals surface area contributed by atoms with Gasteiger partial charge in [0.25, 0.3) is 5.91 Å². The van der Waals surface area contributed by atoms with Crippen molar-refractivity contribution in [3.8, 4) is 16.3 Å². The maximum atomic E-state index is 12.9. The second-order valence-electron chi connectivity index (χ2n) is 6.96. The fourth-order valence-corrected chi connectivity index (χ4v) is 4.19. The van der Waals surface area contributed by atoms with Crippen molar-refractivity contribution in [2.24, 2.45) is 0 Å². The fraction of sp³-hybridized carbons (Fsp3) is 0.182. The summed E-state index contributed by atoms with van der Waals surface area (Å²) in [7, 11) is 1.56.